The van der Waals surface area contributed by atoms with Crippen LogP contribution in [0.3, 0.4) is 0 Å². The minimum atomic E-state index is -0.0720. The van der Waals surface area contributed by atoms with Crippen molar-refractivity contribution >= 4 is 11.9 Å². The fraction of sp³-hybridized carbons (Fsp3) is 0.500. The molecule has 0 saturated heterocycles. The number of nitrogens with zero attached hydrogens (tertiary/aromatic N) is 5. The standard InChI is InChI=1S/C18H22N6O2/c25-16(9-13-3-4-13)21-11-14-10-17(26)24-8-2-7-23(12-15(24)22-14)18-19-5-1-6-20-18/h1,5-6,10,13H,2-4,7-9,11-12H2,(H,21,25). The predicted molar refractivity (Wildman–Crippen MR) is 95.4 cm³/mol. The number of rotatable bonds is 5. The summed E-state index contributed by atoms with van der Waals surface area (Å²) in [4.78, 5) is 39.6. The molecule has 4 rings (SSSR count). The van der Waals surface area contributed by atoms with Gasteiger partial charge in [0.2, 0.25) is 11.9 Å². The summed E-state index contributed by atoms with van der Waals surface area (Å²) in [6.07, 6.45) is 7.10. The predicted octanol–water partition coefficient (Wildman–Crippen LogP) is 0.860. The molecule has 0 unspecified atom stereocenters. The number of carbonyl (C=O) groups is 1. The van der Waals surface area contributed by atoms with Crippen molar-refractivity contribution in [1.82, 2.24) is 24.8 Å². The van der Waals surface area contributed by atoms with Crippen LogP contribution >= 0.6 is 0 Å². The summed E-state index contributed by atoms with van der Waals surface area (Å²) < 4.78 is 1.71. The van der Waals surface area contributed by atoms with Gasteiger partial charge < -0.3 is 10.2 Å². The van der Waals surface area contributed by atoms with Gasteiger partial charge in [0, 0.05) is 38.0 Å². The van der Waals surface area contributed by atoms with E-state index in [4.69, 9.17) is 0 Å². The Morgan fingerprint density at radius 1 is 1.23 bits per heavy atom. The van der Waals surface area contributed by atoms with Crippen LogP contribution in [0.2, 0.25) is 0 Å². The number of carbonyl (C=O) groups excluding carboxylic acids is 1. The zero-order chi connectivity index (χ0) is 17.9. The van der Waals surface area contributed by atoms with Crippen LogP contribution in [0.15, 0.2) is 29.3 Å². The first-order valence-electron chi connectivity index (χ1n) is 9.07. The Morgan fingerprint density at radius 2 is 2.04 bits per heavy atom. The van der Waals surface area contributed by atoms with E-state index in [0.717, 1.165) is 25.8 Å². The fourth-order valence-electron chi connectivity index (χ4n) is 3.20. The van der Waals surface area contributed by atoms with E-state index in [0.29, 0.717) is 42.9 Å². The van der Waals surface area contributed by atoms with Gasteiger partial charge in [0.05, 0.1) is 18.8 Å². The van der Waals surface area contributed by atoms with Crippen molar-refractivity contribution < 1.29 is 4.79 Å². The van der Waals surface area contributed by atoms with E-state index in [2.05, 4.69) is 20.3 Å². The maximum atomic E-state index is 12.5. The highest BCUT2D eigenvalue weighted by Gasteiger charge is 2.24. The molecule has 0 spiro atoms. The average Bonchev–Trinajstić information content (AvgIpc) is 3.47. The first-order valence-corrected chi connectivity index (χ1v) is 9.07. The van der Waals surface area contributed by atoms with Gasteiger partial charge in [-0.15, -0.1) is 0 Å². The monoisotopic (exact) mass is 354 g/mol. The normalized spacial score (nSPS) is 16.7. The maximum absolute atomic E-state index is 12.5. The van der Waals surface area contributed by atoms with Crippen molar-refractivity contribution in [3.63, 3.8) is 0 Å². The van der Waals surface area contributed by atoms with Gasteiger partial charge in [0.15, 0.2) is 0 Å². The lowest BCUT2D eigenvalue weighted by Crippen LogP contribution is -2.30. The molecule has 1 fully saturated rings. The number of anilines is 1. The smallest absolute Gasteiger partial charge is 0.253 e. The lowest BCUT2D eigenvalue weighted by molar-refractivity contribution is -0.121. The van der Waals surface area contributed by atoms with Crippen molar-refractivity contribution in [3.8, 4) is 0 Å². The lowest BCUT2D eigenvalue weighted by atomic mass is 10.3. The zero-order valence-electron chi connectivity index (χ0n) is 14.6. The Balaban J connectivity index is 1.51. The van der Waals surface area contributed by atoms with Crippen LogP contribution in [0.4, 0.5) is 5.95 Å². The number of nitrogens with one attached hydrogen (secondary N) is 1. The van der Waals surface area contributed by atoms with Crippen LogP contribution in [-0.4, -0.2) is 32.0 Å². The first-order chi connectivity index (χ1) is 12.7. The molecule has 1 N–H and O–H groups in total. The van der Waals surface area contributed by atoms with Crippen LogP contribution in [0.1, 0.15) is 37.2 Å². The Labute approximate surface area is 151 Å². The molecule has 1 saturated carbocycles. The number of hydrogen-bond acceptors (Lipinski definition) is 6. The van der Waals surface area contributed by atoms with E-state index in [1.165, 1.54) is 6.07 Å². The SMILES string of the molecule is O=C(CC1CC1)NCc1cc(=O)n2c(n1)CN(c1ncccn1)CCC2. The van der Waals surface area contributed by atoms with Crippen LogP contribution in [0.5, 0.6) is 0 Å². The van der Waals surface area contributed by atoms with Crippen molar-refractivity contribution in [1.29, 1.82) is 0 Å². The van der Waals surface area contributed by atoms with E-state index >= 15 is 0 Å². The third-order valence-electron chi connectivity index (χ3n) is 4.76. The maximum Gasteiger partial charge on any atom is 0.253 e. The molecule has 0 atom stereocenters. The summed E-state index contributed by atoms with van der Waals surface area (Å²) in [5.41, 5.74) is 0.526. The largest absolute Gasteiger partial charge is 0.350 e. The van der Waals surface area contributed by atoms with Gasteiger partial charge in [-0.25, -0.2) is 15.0 Å². The van der Waals surface area contributed by atoms with Gasteiger partial charge in [-0.05, 0) is 31.2 Å². The van der Waals surface area contributed by atoms with Crippen molar-refractivity contribution in [2.45, 2.75) is 45.3 Å². The Kier molecular flexibility index (Phi) is 4.64. The molecule has 2 aromatic rings. The number of aromatic nitrogens is 4. The summed E-state index contributed by atoms with van der Waals surface area (Å²) in [6, 6.07) is 3.30. The Hall–Kier alpha value is -2.77. The molecule has 8 nitrogen and oxygen atoms in total. The number of amides is 1. The topological polar surface area (TPSA) is 93.0 Å². The number of fused-ring (bicyclic) bond motifs is 1. The van der Waals surface area contributed by atoms with E-state index in [1.807, 2.05) is 4.90 Å². The summed E-state index contributed by atoms with van der Waals surface area (Å²) in [5.74, 6) is 1.90. The zero-order valence-corrected chi connectivity index (χ0v) is 14.6. The molecule has 26 heavy (non-hydrogen) atoms. The average molecular weight is 354 g/mol. The Morgan fingerprint density at radius 3 is 2.81 bits per heavy atom. The van der Waals surface area contributed by atoms with Crippen molar-refractivity contribution in [3.05, 3.63) is 46.4 Å². The molecule has 3 heterocycles. The lowest BCUT2D eigenvalue weighted by Gasteiger charge is -2.19. The van der Waals surface area contributed by atoms with E-state index < -0.39 is 0 Å². The Bertz CT molecular complexity index is 847. The minimum absolute atomic E-state index is 0.0312. The van der Waals surface area contributed by atoms with Gasteiger partial charge >= 0.3 is 0 Å². The third kappa shape index (κ3) is 3.89. The van der Waals surface area contributed by atoms with Gasteiger partial charge in [0.25, 0.3) is 5.56 Å². The second-order valence-corrected chi connectivity index (χ2v) is 6.90. The molecular formula is C18H22N6O2. The van der Waals surface area contributed by atoms with Crippen molar-refractivity contribution in [2.75, 3.05) is 11.4 Å². The highest BCUT2D eigenvalue weighted by Crippen LogP contribution is 2.32. The fourth-order valence-corrected chi connectivity index (χ4v) is 3.20. The van der Waals surface area contributed by atoms with E-state index in [9.17, 15) is 9.59 Å². The van der Waals surface area contributed by atoms with Gasteiger partial charge in [0.1, 0.15) is 5.82 Å². The van der Waals surface area contributed by atoms with E-state index in [-0.39, 0.29) is 18.0 Å². The number of hydrogen-bond donors (Lipinski definition) is 1. The quantitative estimate of drug-likeness (QED) is 0.856. The summed E-state index contributed by atoms with van der Waals surface area (Å²) in [6.45, 7) is 2.15. The summed E-state index contributed by atoms with van der Waals surface area (Å²) in [5, 5.41) is 2.87. The molecule has 1 aliphatic carbocycles. The van der Waals surface area contributed by atoms with Crippen LogP contribution < -0.4 is 15.8 Å². The highest BCUT2D eigenvalue weighted by atomic mass is 16.1. The molecule has 1 amide bonds. The summed E-state index contributed by atoms with van der Waals surface area (Å²) >= 11 is 0. The molecule has 2 aromatic heterocycles. The molecule has 1 aliphatic heterocycles. The van der Waals surface area contributed by atoms with Crippen molar-refractivity contribution in [2.24, 2.45) is 5.92 Å². The second kappa shape index (κ2) is 7.23. The second-order valence-electron chi connectivity index (χ2n) is 6.90. The molecule has 0 aromatic carbocycles. The van der Waals surface area contributed by atoms with E-state index in [1.54, 1.807) is 23.0 Å². The molecule has 0 radical (unpaired) electrons. The third-order valence-corrected chi connectivity index (χ3v) is 4.76. The highest BCUT2D eigenvalue weighted by molar-refractivity contribution is 5.76. The van der Waals surface area contributed by atoms with Crippen LogP contribution in [0.25, 0.3) is 0 Å². The molecule has 0 bridgehead atoms. The first kappa shape index (κ1) is 16.7. The van der Waals surface area contributed by atoms with Gasteiger partial charge in [-0.3, -0.25) is 14.2 Å². The summed E-state index contributed by atoms with van der Waals surface area (Å²) in [7, 11) is 0. The molecule has 136 valence electrons. The molecule has 8 heteroatoms. The van der Waals surface area contributed by atoms with Gasteiger partial charge in [-0.1, -0.05) is 0 Å². The molecular weight excluding hydrogens is 332 g/mol. The molecule has 2 aliphatic rings. The van der Waals surface area contributed by atoms with Crippen LogP contribution in [0, 0.1) is 5.92 Å². The van der Waals surface area contributed by atoms with Gasteiger partial charge in [-0.2, -0.15) is 0 Å². The minimum Gasteiger partial charge on any atom is -0.350 e. The van der Waals surface area contributed by atoms with Crippen LogP contribution in [-0.2, 0) is 24.4 Å².